The Bertz CT molecular complexity index is 875. The van der Waals surface area contributed by atoms with Crippen LogP contribution in [0.25, 0.3) is 10.9 Å². The van der Waals surface area contributed by atoms with Crippen LogP contribution in [0, 0.1) is 0 Å². The second-order valence-electron chi connectivity index (χ2n) is 4.99. The molecule has 3 rings (SSSR count). The second-order valence-corrected chi connectivity index (χ2v) is 4.99. The maximum Gasteiger partial charge on any atom is 0.338 e. The summed E-state index contributed by atoms with van der Waals surface area (Å²) < 4.78 is 6.71. The molecule has 6 heteroatoms. The number of esters is 1. The van der Waals surface area contributed by atoms with E-state index in [0.717, 1.165) is 0 Å². The zero-order valence-corrected chi connectivity index (χ0v) is 12.4. The van der Waals surface area contributed by atoms with Crippen molar-refractivity contribution in [3.05, 3.63) is 71.0 Å². The molecule has 0 bridgehead atoms. The number of hydrogen-bond acceptors (Lipinski definition) is 5. The van der Waals surface area contributed by atoms with Crippen LogP contribution in [0.2, 0.25) is 0 Å². The van der Waals surface area contributed by atoms with E-state index in [2.05, 4.69) is 9.97 Å². The number of carbonyl (C=O) groups excluding carboxylic acids is 1. The number of carbonyl (C=O) groups is 1. The molecule has 3 aromatic rings. The Morgan fingerprint density at radius 2 is 1.91 bits per heavy atom. The Hall–Kier alpha value is -3.02. The van der Waals surface area contributed by atoms with Crippen molar-refractivity contribution in [2.45, 2.75) is 13.0 Å². The number of fused-ring (bicyclic) bond motifs is 1. The highest BCUT2D eigenvalue weighted by Crippen LogP contribution is 2.05. The van der Waals surface area contributed by atoms with E-state index in [1.165, 1.54) is 23.3 Å². The number of hydrogen-bond donors (Lipinski definition) is 0. The Kier molecular flexibility index (Phi) is 4.42. The van der Waals surface area contributed by atoms with E-state index in [9.17, 15) is 9.59 Å². The van der Waals surface area contributed by atoms with Crippen LogP contribution in [-0.2, 0) is 11.3 Å². The largest absolute Gasteiger partial charge is 0.462 e. The van der Waals surface area contributed by atoms with Gasteiger partial charge in [-0.15, -0.1) is 0 Å². The number of benzene rings is 1. The van der Waals surface area contributed by atoms with E-state index in [1.54, 1.807) is 24.3 Å². The molecule has 6 nitrogen and oxygen atoms in total. The van der Waals surface area contributed by atoms with Crippen molar-refractivity contribution in [2.75, 3.05) is 6.61 Å². The molecule has 0 saturated carbocycles. The van der Waals surface area contributed by atoms with Gasteiger partial charge < -0.3 is 4.74 Å². The van der Waals surface area contributed by atoms with Crippen molar-refractivity contribution in [1.29, 1.82) is 0 Å². The maximum absolute atomic E-state index is 12.3. The number of nitrogens with zero attached hydrogens (tertiary/aromatic N) is 3. The highest BCUT2D eigenvalue weighted by atomic mass is 16.5. The lowest BCUT2D eigenvalue weighted by Crippen LogP contribution is -2.21. The SMILES string of the molecule is O=C(OCCCn1cnc2ccccc2c1=O)c1ccncc1. The van der Waals surface area contributed by atoms with Gasteiger partial charge in [0.05, 0.1) is 29.4 Å². The molecule has 2 heterocycles. The minimum absolute atomic E-state index is 0.0870. The highest BCUT2D eigenvalue weighted by molar-refractivity contribution is 5.89. The van der Waals surface area contributed by atoms with E-state index < -0.39 is 5.97 Å². The number of rotatable bonds is 5. The van der Waals surface area contributed by atoms with Crippen molar-refractivity contribution in [2.24, 2.45) is 0 Å². The van der Waals surface area contributed by atoms with Gasteiger partial charge in [-0.1, -0.05) is 12.1 Å². The van der Waals surface area contributed by atoms with Gasteiger partial charge in [-0.25, -0.2) is 9.78 Å². The van der Waals surface area contributed by atoms with E-state index >= 15 is 0 Å². The normalized spacial score (nSPS) is 10.6. The minimum atomic E-state index is -0.392. The monoisotopic (exact) mass is 309 g/mol. The van der Waals surface area contributed by atoms with Gasteiger partial charge >= 0.3 is 5.97 Å². The minimum Gasteiger partial charge on any atom is -0.462 e. The first-order chi connectivity index (χ1) is 11.3. The molecule has 23 heavy (non-hydrogen) atoms. The van der Waals surface area contributed by atoms with Crippen LogP contribution in [0.15, 0.2) is 59.9 Å². The van der Waals surface area contributed by atoms with Gasteiger partial charge in [0.2, 0.25) is 0 Å². The van der Waals surface area contributed by atoms with Crippen molar-refractivity contribution >= 4 is 16.9 Å². The molecule has 116 valence electrons. The third-order valence-electron chi connectivity index (χ3n) is 3.42. The fourth-order valence-corrected chi connectivity index (χ4v) is 2.24. The summed E-state index contributed by atoms with van der Waals surface area (Å²) in [5, 5.41) is 0.587. The summed E-state index contributed by atoms with van der Waals surface area (Å²) in [6, 6.07) is 10.4. The predicted octanol–water partition coefficient (Wildman–Crippen LogP) is 2.04. The van der Waals surface area contributed by atoms with Crippen molar-refractivity contribution in [1.82, 2.24) is 14.5 Å². The van der Waals surface area contributed by atoms with Crippen molar-refractivity contribution in [3.8, 4) is 0 Å². The van der Waals surface area contributed by atoms with Crippen LogP contribution in [0.3, 0.4) is 0 Å². The number of ether oxygens (including phenoxy) is 1. The fraction of sp³-hybridized carbons (Fsp3) is 0.176. The molecule has 0 atom stereocenters. The molecule has 0 amide bonds. The third-order valence-corrected chi connectivity index (χ3v) is 3.42. The fourth-order valence-electron chi connectivity index (χ4n) is 2.24. The van der Waals surface area contributed by atoms with E-state index in [1.807, 2.05) is 12.1 Å². The van der Waals surface area contributed by atoms with Gasteiger partial charge in [-0.05, 0) is 30.7 Å². The van der Waals surface area contributed by atoms with Gasteiger partial charge in [0.25, 0.3) is 5.56 Å². The zero-order valence-electron chi connectivity index (χ0n) is 12.4. The average Bonchev–Trinajstić information content (AvgIpc) is 2.61. The molecular formula is C17H15N3O3. The van der Waals surface area contributed by atoms with Crippen LogP contribution in [0.4, 0.5) is 0 Å². The molecule has 0 fully saturated rings. The molecule has 0 N–H and O–H groups in total. The molecule has 2 aromatic heterocycles. The molecular weight excluding hydrogens is 294 g/mol. The summed E-state index contributed by atoms with van der Waals surface area (Å²) >= 11 is 0. The molecule has 1 aromatic carbocycles. The maximum atomic E-state index is 12.3. The Balaban J connectivity index is 1.58. The molecule has 0 unspecified atom stereocenters. The summed E-state index contributed by atoms with van der Waals surface area (Å²) in [6.07, 6.45) is 5.14. The average molecular weight is 309 g/mol. The van der Waals surface area contributed by atoms with Gasteiger partial charge in [-0.2, -0.15) is 0 Å². The number of pyridine rings is 1. The molecule has 0 saturated heterocycles. The molecule has 0 aliphatic rings. The second kappa shape index (κ2) is 6.83. The third kappa shape index (κ3) is 3.42. The van der Waals surface area contributed by atoms with Crippen molar-refractivity contribution in [3.63, 3.8) is 0 Å². The van der Waals surface area contributed by atoms with Gasteiger partial charge in [-0.3, -0.25) is 14.3 Å². The van der Waals surface area contributed by atoms with Crippen LogP contribution in [0.5, 0.6) is 0 Å². The van der Waals surface area contributed by atoms with E-state index in [4.69, 9.17) is 4.74 Å². The molecule has 0 spiro atoms. The van der Waals surface area contributed by atoms with E-state index in [-0.39, 0.29) is 12.2 Å². The number of para-hydroxylation sites is 1. The summed E-state index contributed by atoms with van der Waals surface area (Å²) in [6.45, 7) is 0.681. The van der Waals surface area contributed by atoms with Crippen LogP contribution < -0.4 is 5.56 Å². The van der Waals surface area contributed by atoms with E-state index in [0.29, 0.717) is 29.4 Å². The summed E-state index contributed by atoms with van der Waals surface area (Å²) in [7, 11) is 0. The topological polar surface area (TPSA) is 74.1 Å². The van der Waals surface area contributed by atoms with Crippen LogP contribution >= 0.6 is 0 Å². The van der Waals surface area contributed by atoms with Crippen LogP contribution in [0.1, 0.15) is 16.8 Å². The Labute approximate surface area is 132 Å². The van der Waals surface area contributed by atoms with Crippen molar-refractivity contribution < 1.29 is 9.53 Å². The molecule has 0 aliphatic carbocycles. The first-order valence-electron chi connectivity index (χ1n) is 7.27. The lowest BCUT2D eigenvalue weighted by atomic mass is 10.2. The molecule has 0 aliphatic heterocycles. The van der Waals surface area contributed by atoms with Crippen LogP contribution in [-0.4, -0.2) is 27.1 Å². The lowest BCUT2D eigenvalue weighted by molar-refractivity contribution is 0.0495. The van der Waals surface area contributed by atoms with Gasteiger partial charge in [0.1, 0.15) is 0 Å². The summed E-state index contributed by atoms with van der Waals surface area (Å²) in [5.41, 5.74) is 1.05. The first-order valence-corrected chi connectivity index (χ1v) is 7.27. The first kappa shape index (κ1) is 14.9. The predicted molar refractivity (Wildman–Crippen MR) is 85.1 cm³/mol. The summed E-state index contributed by atoms with van der Waals surface area (Å²) in [5.74, 6) is -0.392. The highest BCUT2D eigenvalue weighted by Gasteiger charge is 2.07. The summed E-state index contributed by atoms with van der Waals surface area (Å²) in [4.78, 5) is 32.2. The smallest absolute Gasteiger partial charge is 0.338 e. The Morgan fingerprint density at radius 1 is 1.13 bits per heavy atom. The molecule has 0 radical (unpaired) electrons. The number of aromatic nitrogens is 3. The zero-order chi connectivity index (χ0) is 16.1. The van der Waals surface area contributed by atoms with Gasteiger partial charge in [0.15, 0.2) is 0 Å². The standard InChI is InChI=1S/C17H15N3O3/c21-16-14-4-1-2-5-15(14)19-12-20(16)10-3-11-23-17(22)13-6-8-18-9-7-13/h1-2,4-9,12H,3,10-11H2. The Morgan fingerprint density at radius 3 is 2.74 bits per heavy atom. The lowest BCUT2D eigenvalue weighted by Gasteiger charge is -2.07. The quantitative estimate of drug-likeness (QED) is 0.532. The number of aryl methyl sites for hydroxylation is 1. The van der Waals surface area contributed by atoms with Gasteiger partial charge in [0, 0.05) is 18.9 Å².